The van der Waals surface area contributed by atoms with Crippen molar-refractivity contribution in [2.75, 3.05) is 25.0 Å². The topological polar surface area (TPSA) is 50.4 Å². The van der Waals surface area contributed by atoms with Gasteiger partial charge in [-0.3, -0.25) is 4.79 Å². The molecule has 0 unspecified atom stereocenters. The second kappa shape index (κ2) is 6.63. The Morgan fingerprint density at radius 1 is 1.47 bits per heavy atom. The first-order valence-corrected chi connectivity index (χ1v) is 6.54. The number of rotatable bonds is 4. The minimum atomic E-state index is -0.421. The molecule has 0 aromatic heterocycles. The lowest BCUT2D eigenvalue weighted by atomic mass is 10.1. The Hall–Kier alpha value is -1.46. The monoisotopic (exact) mass is 266 g/mol. The van der Waals surface area contributed by atoms with Gasteiger partial charge in [0.25, 0.3) is 0 Å². The molecule has 0 spiro atoms. The molecule has 1 aromatic carbocycles. The zero-order chi connectivity index (χ0) is 13.7. The maximum atomic E-state index is 13.5. The zero-order valence-corrected chi connectivity index (χ0v) is 11.0. The molecular weight excluding hydrogens is 247 g/mol. The van der Waals surface area contributed by atoms with Gasteiger partial charge in [-0.15, -0.1) is 0 Å². The van der Waals surface area contributed by atoms with Crippen LogP contribution in [0.25, 0.3) is 0 Å². The van der Waals surface area contributed by atoms with Gasteiger partial charge >= 0.3 is 0 Å². The van der Waals surface area contributed by atoms with Gasteiger partial charge in [-0.2, -0.15) is 0 Å². The highest BCUT2D eigenvalue weighted by atomic mass is 19.1. The molecule has 4 nitrogen and oxygen atoms in total. The molecule has 104 valence electrons. The van der Waals surface area contributed by atoms with Gasteiger partial charge in [-0.25, -0.2) is 4.39 Å². The molecule has 19 heavy (non-hydrogen) atoms. The summed E-state index contributed by atoms with van der Waals surface area (Å²) in [5.74, 6) is -0.734. The van der Waals surface area contributed by atoms with Crippen LogP contribution in [-0.4, -0.2) is 31.7 Å². The van der Waals surface area contributed by atoms with Crippen LogP contribution in [0, 0.1) is 12.7 Å². The number of ether oxygens (including phenoxy) is 1. The fourth-order valence-corrected chi connectivity index (χ4v) is 2.12. The zero-order valence-electron chi connectivity index (χ0n) is 11.0. The third-order valence-corrected chi connectivity index (χ3v) is 3.22. The Labute approximate surface area is 112 Å². The molecule has 0 radical (unpaired) electrons. The number of piperidine rings is 1. The van der Waals surface area contributed by atoms with Gasteiger partial charge in [0.05, 0.1) is 11.8 Å². The van der Waals surface area contributed by atoms with Crippen molar-refractivity contribution in [3.8, 4) is 0 Å². The van der Waals surface area contributed by atoms with Crippen molar-refractivity contribution < 1.29 is 13.9 Å². The van der Waals surface area contributed by atoms with Gasteiger partial charge < -0.3 is 15.4 Å². The largest absolute Gasteiger partial charge is 0.368 e. The van der Waals surface area contributed by atoms with Crippen molar-refractivity contribution in [1.29, 1.82) is 0 Å². The molecule has 1 aliphatic heterocycles. The SMILES string of the molecule is Cc1cccc(F)c1NC(=O)COC1CCNCC1. The lowest BCUT2D eigenvalue weighted by Crippen LogP contribution is -2.34. The number of para-hydroxylation sites is 1. The summed E-state index contributed by atoms with van der Waals surface area (Å²) in [6, 6.07) is 4.70. The maximum absolute atomic E-state index is 13.5. The van der Waals surface area contributed by atoms with Gasteiger partial charge in [-0.05, 0) is 44.5 Å². The molecule has 0 bridgehead atoms. The predicted octanol–water partition coefficient (Wildman–Crippen LogP) is 1.84. The average Bonchev–Trinajstić information content (AvgIpc) is 2.42. The molecule has 5 heteroatoms. The third-order valence-electron chi connectivity index (χ3n) is 3.22. The Kier molecular flexibility index (Phi) is 4.87. The van der Waals surface area contributed by atoms with Crippen molar-refractivity contribution in [2.45, 2.75) is 25.9 Å². The van der Waals surface area contributed by atoms with E-state index in [-0.39, 0.29) is 24.3 Å². The Balaban J connectivity index is 1.83. The number of hydrogen-bond acceptors (Lipinski definition) is 3. The fraction of sp³-hybridized carbons (Fsp3) is 0.500. The van der Waals surface area contributed by atoms with Crippen molar-refractivity contribution >= 4 is 11.6 Å². The summed E-state index contributed by atoms with van der Waals surface area (Å²) in [7, 11) is 0. The fourth-order valence-electron chi connectivity index (χ4n) is 2.12. The lowest BCUT2D eigenvalue weighted by Gasteiger charge is -2.22. The molecule has 1 aliphatic rings. The Morgan fingerprint density at radius 2 is 2.21 bits per heavy atom. The van der Waals surface area contributed by atoms with Gasteiger partial charge in [0.2, 0.25) is 5.91 Å². The standard InChI is InChI=1S/C14H19FN2O2/c1-10-3-2-4-12(15)14(10)17-13(18)9-19-11-5-7-16-8-6-11/h2-4,11,16H,5-9H2,1H3,(H,17,18). The van der Waals surface area contributed by atoms with E-state index < -0.39 is 5.82 Å². The van der Waals surface area contributed by atoms with Crippen LogP contribution in [0.4, 0.5) is 10.1 Å². The number of aryl methyl sites for hydroxylation is 1. The lowest BCUT2D eigenvalue weighted by molar-refractivity contribution is -0.123. The maximum Gasteiger partial charge on any atom is 0.250 e. The van der Waals surface area contributed by atoms with E-state index in [0.29, 0.717) is 5.56 Å². The van der Waals surface area contributed by atoms with E-state index in [4.69, 9.17) is 4.74 Å². The molecule has 1 amide bonds. The number of amides is 1. The minimum Gasteiger partial charge on any atom is -0.368 e. The van der Waals surface area contributed by atoms with E-state index in [1.807, 2.05) is 0 Å². The molecule has 2 N–H and O–H groups in total. The van der Waals surface area contributed by atoms with E-state index >= 15 is 0 Å². The molecule has 1 saturated heterocycles. The van der Waals surface area contributed by atoms with Crippen molar-refractivity contribution in [3.63, 3.8) is 0 Å². The highest BCUT2D eigenvalue weighted by Gasteiger charge is 2.15. The predicted molar refractivity (Wildman–Crippen MR) is 71.6 cm³/mol. The normalized spacial score (nSPS) is 16.3. The van der Waals surface area contributed by atoms with Crippen LogP contribution >= 0.6 is 0 Å². The highest BCUT2D eigenvalue weighted by molar-refractivity contribution is 5.92. The summed E-state index contributed by atoms with van der Waals surface area (Å²) in [6.45, 7) is 3.56. The number of halogens is 1. The van der Waals surface area contributed by atoms with Crippen molar-refractivity contribution in [3.05, 3.63) is 29.6 Å². The van der Waals surface area contributed by atoms with Crippen LogP contribution in [0.5, 0.6) is 0 Å². The van der Waals surface area contributed by atoms with Crippen molar-refractivity contribution in [2.24, 2.45) is 0 Å². The molecular formula is C14H19FN2O2. The number of carbonyl (C=O) groups excluding carboxylic acids is 1. The first kappa shape index (κ1) is 14.0. The second-order valence-corrected chi connectivity index (χ2v) is 4.74. The van der Waals surface area contributed by atoms with E-state index in [1.165, 1.54) is 6.07 Å². The van der Waals surface area contributed by atoms with E-state index in [2.05, 4.69) is 10.6 Å². The van der Waals surface area contributed by atoms with Gasteiger partial charge in [0.1, 0.15) is 12.4 Å². The Morgan fingerprint density at radius 3 is 2.89 bits per heavy atom. The smallest absolute Gasteiger partial charge is 0.250 e. The first-order valence-electron chi connectivity index (χ1n) is 6.54. The number of hydrogen-bond donors (Lipinski definition) is 2. The third kappa shape index (κ3) is 4.01. The summed E-state index contributed by atoms with van der Waals surface area (Å²) in [5, 5.41) is 5.79. The van der Waals surface area contributed by atoms with Gasteiger partial charge in [0.15, 0.2) is 0 Å². The molecule has 0 saturated carbocycles. The highest BCUT2D eigenvalue weighted by Crippen LogP contribution is 2.18. The second-order valence-electron chi connectivity index (χ2n) is 4.74. The van der Waals surface area contributed by atoms with Crippen LogP contribution in [0.1, 0.15) is 18.4 Å². The Bertz CT molecular complexity index is 425. The van der Waals surface area contributed by atoms with Gasteiger partial charge in [-0.1, -0.05) is 12.1 Å². The van der Waals surface area contributed by atoms with Crippen LogP contribution in [0.2, 0.25) is 0 Å². The molecule has 2 rings (SSSR count). The minimum absolute atomic E-state index is 0.0293. The molecule has 1 fully saturated rings. The van der Waals surface area contributed by atoms with Crippen LogP contribution in [-0.2, 0) is 9.53 Å². The van der Waals surface area contributed by atoms with Crippen LogP contribution in [0.3, 0.4) is 0 Å². The number of anilines is 1. The number of nitrogens with one attached hydrogen (secondary N) is 2. The first-order chi connectivity index (χ1) is 9.16. The van der Waals surface area contributed by atoms with Crippen LogP contribution < -0.4 is 10.6 Å². The number of benzene rings is 1. The quantitative estimate of drug-likeness (QED) is 0.874. The summed E-state index contributed by atoms with van der Waals surface area (Å²) < 4.78 is 19.1. The number of carbonyl (C=O) groups is 1. The summed E-state index contributed by atoms with van der Waals surface area (Å²) in [4.78, 5) is 11.7. The molecule has 1 aromatic rings. The summed E-state index contributed by atoms with van der Waals surface area (Å²) in [6.07, 6.45) is 1.94. The van der Waals surface area contributed by atoms with Crippen molar-refractivity contribution in [1.82, 2.24) is 5.32 Å². The van der Waals surface area contributed by atoms with Crippen LogP contribution in [0.15, 0.2) is 18.2 Å². The van der Waals surface area contributed by atoms with E-state index in [9.17, 15) is 9.18 Å². The van der Waals surface area contributed by atoms with E-state index in [1.54, 1.807) is 19.1 Å². The molecule has 1 heterocycles. The summed E-state index contributed by atoms with van der Waals surface area (Å²) in [5.41, 5.74) is 0.941. The molecule has 0 atom stereocenters. The van der Waals surface area contributed by atoms with E-state index in [0.717, 1.165) is 25.9 Å². The molecule has 0 aliphatic carbocycles. The van der Waals surface area contributed by atoms with Gasteiger partial charge in [0, 0.05) is 0 Å². The average molecular weight is 266 g/mol. The summed E-state index contributed by atoms with van der Waals surface area (Å²) >= 11 is 0.